The maximum atomic E-state index is 6.64. The molecule has 54 heavy (non-hydrogen) atoms. The number of rotatable bonds is 2. The van der Waals surface area contributed by atoms with E-state index in [1.807, 2.05) is 36.4 Å². The van der Waals surface area contributed by atoms with Gasteiger partial charge in [-0.25, -0.2) is 9.97 Å². The summed E-state index contributed by atoms with van der Waals surface area (Å²) in [5.74, 6) is 0.684. The molecular weight excluding hydrogens is 657 g/mol. The molecule has 254 valence electrons. The van der Waals surface area contributed by atoms with Crippen LogP contribution < -0.4 is 0 Å². The standard InChI is InChI=1S/C51H34N2O/c1-50(2)40-21-12-19-34-31-16-11-15-30(25-31)33-24-23-32(46-48-47(36-18-8-10-22-44(36)54-48)53-49(52-46)29-13-5-4-6-14-29)26-42(33)51(3)39-20-9-7-17-35(39)37-27-41(50)38(45(34)40)28-43(37)51/h4-28H,1-3H3. The van der Waals surface area contributed by atoms with Gasteiger partial charge in [0.05, 0.1) is 0 Å². The first-order valence-electron chi connectivity index (χ1n) is 18.8. The summed E-state index contributed by atoms with van der Waals surface area (Å²) in [6, 6.07) is 55.5. The van der Waals surface area contributed by atoms with E-state index < -0.39 is 5.41 Å². The molecule has 0 N–H and O–H groups in total. The van der Waals surface area contributed by atoms with Crippen molar-refractivity contribution in [2.24, 2.45) is 0 Å². The van der Waals surface area contributed by atoms with E-state index in [1.165, 1.54) is 72.3 Å². The average Bonchev–Trinajstić information content (AvgIpc) is 3.80. The minimum atomic E-state index is -0.462. The lowest BCUT2D eigenvalue weighted by atomic mass is 9.70. The first kappa shape index (κ1) is 29.9. The Bertz CT molecular complexity index is 3100. The summed E-state index contributed by atoms with van der Waals surface area (Å²) in [5.41, 5.74) is 21.5. The Morgan fingerprint density at radius 1 is 0.444 bits per heavy atom. The lowest BCUT2D eigenvalue weighted by molar-refractivity contribution is 0.659. The van der Waals surface area contributed by atoms with Crippen molar-refractivity contribution in [1.29, 1.82) is 0 Å². The first-order chi connectivity index (χ1) is 26.4. The quantitative estimate of drug-likeness (QED) is 0.181. The number of furan rings is 1. The summed E-state index contributed by atoms with van der Waals surface area (Å²) in [7, 11) is 0. The van der Waals surface area contributed by atoms with Gasteiger partial charge in [-0.3, -0.25) is 0 Å². The normalized spacial score (nSPS) is 16.6. The van der Waals surface area contributed by atoms with Crippen molar-refractivity contribution in [3.8, 4) is 67.2 Å². The monoisotopic (exact) mass is 690 g/mol. The van der Waals surface area contributed by atoms with Gasteiger partial charge in [0.25, 0.3) is 0 Å². The molecule has 0 fully saturated rings. The summed E-state index contributed by atoms with van der Waals surface area (Å²) < 4.78 is 6.64. The lowest BCUT2D eigenvalue weighted by Crippen LogP contribution is -2.24. The Morgan fingerprint density at radius 2 is 1.13 bits per heavy atom. The Balaban J connectivity index is 1.21. The molecule has 0 spiro atoms. The Hall–Kier alpha value is -6.58. The van der Waals surface area contributed by atoms with Crippen LogP contribution in [-0.4, -0.2) is 9.97 Å². The fourth-order valence-corrected chi connectivity index (χ4v) is 10.0. The Kier molecular flexibility index (Phi) is 5.71. The first-order valence-corrected chi connectivity index (χ1v) is 18.8. The maximum absolute atomic E-state index is 6.64. The molecule has 0 radical (unpaired) electrons. The summed E-state index contributed by atoms with van der Waals surface area (Å²) in [6.45, 7) is 7.22. The topological polar surface area (TPSA) is 38.9 Å². The van der Waals surface area contributed by atoms with Gasteiger partial charge in [0, 0.05) is 27.3 Å². The van der Waals surface area contributed by atoms with Gasteiger partial charge >= 0.3 is 0 Å². The minimum absolute atomic E-state index is 0.127. The predicted octanol–water partition coefficient (Wildman–Crippen LogP) is 13.0. The zero-order chi connectivity index (χ0) is 35.9. The number of nitrogens with zero attached hydrogens (tertiary/aromatic N) is 2. The number of aromatic nitrogens is 2. The second-order valence-corrected chi connectivity index (χ2v) is 15.8. The third kappa shape index (κ3) is 3.76. The Morgan fingerprint density at radius 3 is 2.02 bits per heavy atom. The molecule has 2 heterocycles. The summed E-state index contributed by atoms with van der Waals surface area (Å²) in [6.07, 6.45) is 0. The van der Waals surface area contributed by atoms with E-state index in [-0.39, 0.29) is 5.41 Å². The number of fused-ring (bicyclic) bond motifs is 12. The van der Waals surface area contributed by atoms with Crippen LogP contribution in [0.2, 0.25) is 0 Å². The molecule has 0 aliphatic heterocycles. The van der Waals surface area contributed by atoms with Crippen molar-refractivity contribution in [1.82, 2.24) is 9.97 Å². The molecule has 1 atom stereocenters. The second-order valence-electron chi connectivity index (χ2n) is 15.8. The van der Waals surface area contributed by atoms with Crippen molar-refractivity contribution in [3.63, 3.8) is 0 Å². The molecule has 0 saturated carbocycles. The highest BCUT2D eigenvalue weighted by Gasteiger charge is 2.46. The molecule has 3 aliphatic rings. The number of hydrogen-bond acceptors (Lipinski definition) is 3. The molecular formula is C51H34N2O. The minimum Gasteiger partial charge on any atom is -0.452 e. The number of benzene rings is 7. The van der Waals surface area contributed by atoms with E-state index in [0.29, 0.717) is 11.4 Å². The van der Waals surface area contributed by atoms with Crippen LogP contribution in [-0.2, 0) is 10.8 Å². The zero-order valence-corrected chi connectivity index (χ0v) is 30.2. The number of hydrogen-bond donors (Lipinski definition) is 0. The van der Waals surface area contributed by atoms with Crippen LogP contribution in [0.15, 0.2) is 156 Å². The van der Waals surface area contributed by atoms with Crippen molar-refractivity contribution in [2.75, 3.05) is 0 Å². The van der Waals surface area contributed by atoms with Gasteiger partial charge in [0.15, 0.2) is 11.4 Å². The smallest absolute Gasteiger partial charge is 0.180 e. The maximum Gasteiger partial charge on any atom is 0.180 e. The molecule has 7 aromatic carbocycles. The Labute approximate surface area is 313 Å². The van der Waals surface area contributed by atoms with Crippen LogP contribution in [0.1, 0.15) is 48.6 Å². The fraction of sp³-hybridized carbons (Fsp3) is 0.0980. The van der Waals surface area contributed by atoms with Gasteiger partial charge in [-0.05, 0) is 116 Å². The van der Waals surface area contributed by atoms with Crippen LogP contribution in [0, 0.1) is 0 Å². The third-order valence-electron chi connectivity index (χ3n) is 12.7. The van der Waals surface area contributed by atoms with E-state index >= 15 is 0 Å². The van der Waals surface area contributed by atoms with Crippen LogP contribution in [0.3, 0.4) is 0 Å². The highest BCUT2D eigenvalue weighted by atomic mass is 16.3. The van der Waals surface area contributed by atoms with E-state index in [0.717, 1.165) is 33.3 Å². The molecule has 3 heteroatoms. The second kappa shape index (κ2) is 10.3. The van der Waals surface area contributed by atoms with Gasteiger partial charge in [-0.2, -0.15) is 0 Å². The van der Waals surface area contributed by atoms with Gasteiger partial charge in [-0.1, -0.05) is 129 Å². The average molecular weight is 691 g/mol. The lowest BCUT2D eigenvalue weighted by Gasteiger charge is -2.32. The molecule has 3 nitrogen and oxygen atoms in total. The predicted molar refractivity (Wildman–Crippen MR) is 220 cm³/mol. The molecule has 0 amide bonds. The third-order valence-corrected chi connectivity index (χ3v) is 12.7. The van der Waals surface area contributed by atoms with Crippen LogP contribution >= 0.6 is 0 Å². The van der Waals surface area contributed by atoms with Gasteiger partial charge in [0.1, 0.15) is 16.8 Å². The van der Waals surface area contributed by atoms with E-state index in [4.69, 9.17) is 14.4 Å². The largest absolute Gasteiger partial charge is 0.452 e. The molecule has 4 bridgehead atoms. The molecule has 3 aliphatic carbocycles. The van der Waals surface area contributed by atoms with Gasteiger partial charge < -0.3 is 4.42 Å². The molecule has 0 saturated heterocycles. The fourth-order valence-electron chi connectivity index (χ4n) is 10.0. The van der Waals surface area contributed by atoms with Crippen molar-refractivity contribution in [2.45, 2.75) is 31.6 Å². The van der Waals surface area contributed by atoms with E-state index in [1.54, 1.807) is 0 Å². The zero-order valence-electron chi connectivity index (χ0n) is 30.2. The molecule has 12 rings (SSSR count). The number of para-hydroxylation sites is 1. The van der Waals surface area contributed by atoms with Crippen LogP contribution in [0.4, 0.5) is 0 Å². The highest BCUT2D eigenvalue weighted by Crippen LogP contribution is 2.60. The van der Waals surface area contributed by atoms with Gasteiger partial charge in [0.2, 0.25) is 0 Å². The van der Waals surface area contributed by atoms with Crippen molar-refractivity contribution >= 4 is 22.1 Å². The van der Waals surface area contributed by atoms with Gasteiger partial charge in [-0.15, -0.1) is 0 Å². The highest BCUT2D eigenvalue weighted by molar-refractivity contribution is 6.07. The summed E-state index contributed by atoms with van der Waals surface area (Å²) >= 11 is 0. The van der Waals surface area contributed by atoms with E-state index in [9.17, 15) is 0 Å². The van der Waals surface area contributed by atoms with Crippen LogP contribution in [0.5, 0.6) is 0 Å². The van der Waals surface area contributed by atoms with E-state index in [2.05, 4.69) is 136 Å². The molecule has 2 aromatic heterocycles. The van der Waals surface area contributed by atoms with Crippen molar-refractivity contribution in [3.05, 3.63) is 179 Å². The summed E-state index contributed by atoms with van der Waals surface area (Å²) in [5, 5.41) is 0.988. The SMILES string of the molecule is CC1(C)c2cc3c4cc2-c2c(cccc21)-c1cccc(c1)-c1ccc(-c2nc(-c5ccccc5)nc5c2oc2ccccc25)cc1C4(C)c1ccccc1-3. The molecule has 9 aromatic rings. The van der Waals surface area contributed by atoms with Crippen LogP contribution in [0.25, 0.3) is 89.2 Å². The van der Waals surface area contributed by atoms with Crippen molar-refractivity contribution < 1.29 is 4.42 Å². The summed E-state index contributed by atoms with van der Waals surface area (Å²) in [4.78, 5) is 10.4. The molecule has 1 unspecified atom stereocenters.